The summed E-state index contributed by atoms with van der Waals surface area (Å²) in [4.78, 5) is 19.0. The smallest absolute Gasteiger partial charge is 0.246 e. The summed E-state index contributed by atoms with van der Waals surface area (Å²) in [5, 5.41) is 10.7. The van der Waals surface area contributed by atoms with Crippen molar-refractivity contribution in [2.75, 3.05) is 6.54 Å². The fourth-order valence-electron chi connectivity index (χ4n) is 1.81. The number of thiophene rings is 1. The molecule has 0 spiro atoms. The monoisotopic (exact) mass is 297 g/mol. The van der Waals surface area contributed by atoms with E-state index in [0.29, 0.717) is 19.5 Å². The van der Waals surface area contributed by atoms with E-state index in [0.717, 1.165) is 10.4 Å². The number of carbonyl (C=O) groups is 1. The van der Waals surface area contributed by atoms with Crippen LogP contribution in [0.4, 0.5) is 0 Å². The molecule has 1 amide bonds. The minimum atomic E-state index is -0.0949. The molecule has 0 aliphatic heterocycles. The number of aromatic nitrogens is 1. The molecule has 0 radical (unpaired) electrons. The molecule has 21 heavy (non-hydrogen) atoms. The molecular formula is C16H15N3OS. The molecule has 0 bridgehead atoms. The molecule has 0 fully saturated rings. The van der Waals surface area contributed by atoms with Crippen molar-refractivity contribution in [2.45, 2.75) is 13.0 Å². The van der Waals surface area contributed by atoms with E-state index < -0.39 is 0 Å². The summed E-state index contributed by atoms with van der Waals surface area (Å²) in [5.41, 5.74) is 0.952. The van der Waals surface area contributed by atoms with Crippen molar-refractivity contribution in [2.24, 2.45) is 0 Å². The fraction of sp³-hybridized carbons (Fsp3) is 0.188. The summed E-state index contributed by atoms with van der Waals surface area (Å²) in [6.07, 6.45) is 7.10. The maximum Gasteiger partial charge on any atom is 0.246 e. The summed E-state index contributed by atoms with van der Waals surface area (Å²) >= 11 is 1.58. The Balaban J connectivity index is 2.04. The summed E-state index contributed by atoms with van der Waals surface area (Å²) in [6.45, 7) is 0.877. The lowest BCUT2D eigenvalue weighted by molar-refractivity contribution is -0.126. The summed E-state index contributed by atoms with van der Waals surface area (Å²) in [6, 6.07) is 9.73. The predicted octanol–water partition coefficient (Wildman–Crippen LogP) is 3.10. The van der Waals surface area contributed by atoms with Gasteiger partial charge in [0, 0.05) is 36.4 Å². The molecular weight excluding hydrogens is 282 g/mol. The molecule has 2 aromatic rings. The molecule has 0 aromatic carbocycles. The molecule has 0 saturated carbocycles. The van der Waals surface area contributed by atoms with E-state index in [1.165, 1.54) is 0 Å². The van der Waals surface area contributed by atoms with Gasteiger partial charge in [0.1, 0.15) is 0 Å². The minimum absolute atomic E-state index is 0.0949. The van der Waals surface area contributed by atoms with E-state index >= 15 is 0 Å². The van der Waals surface area contributed by atoms with Crippen molar-refractivity contribution in [1.82, 2.24) is 9.88 Å². The van der Waals surface area contributed by atoms with E-state index in [-0.39, 0.29) is 5.91 Å². The highest BCUT2D eigenvalue weighted by Gasteiger charge is 2.11. The molecule has 0 atom stereocenters. The second kappa shape index (κ2) is 7.98. The Morgan fingerprint density at radius 1 is 1.43 bits per heavy atom. The van der Waals surface area contributed by atoms with Crippen molar-refractivity contribution in [1.29, 1.82) is 5.26 Å². The lowest BCUT2D eigenvalue weighted by Crippen LogP contribution is -2.29. The van der Waals surface area contributed by atoms with Crippen LogP contribution in [0.25, 0.3) is 6.08 Å². The zero-order valence-electron chi connectivity index (χ0n) is 11.5. The van der Waals surface area contributed by atoms with Gasteiger partial charge >= 0.3 is 0 Å². The Kier molecular flexibility index (Phi) is 5.68. The van der Waals surface area contributed by atoms with E-state index in [2.05, 4.69) is 11.1 Å². The number of nitriles is 1. The summed E-state index contributed by atoms with van der Waals surface area (Å²) < 4.78 is 0. The molecule has 2 aromatic heterocycles. The highest BCUT2D eigenvalue weighted by atomic mass is 32.1. The first-order valence-electron chi connectivity index (χ1n) is 6.56. The number of hydrogen-bond donors (Lipinski definition) is 0. The largest absolute Gasteiger partial charge is 0.334 e. The average molecular weight is 297 g/mol. The molecule has 4 nitrogen and oxygen atoms in total. The van der Waals surface area contributed by atoms with Crippen LogP contribution in [0.2, 0.25) is 0 Å². The van der Waals surface area contributed by atoms with Gasteiger partial charge in [-0.05, 0) is 29.2 Å². The van der Waals surface area contributed by atoms with Crippen molar-refractivity contribution < 1.29 is 4.79 Å². The second-order valence-electron chi connectivity index (χ2n) is 4.38. The van der Waals surface area contributed by atoms with Crippen molar-refractivity contribution in [3.63, 3.8) is 0 Å². The van der Waals surface area contributed by atoms with Crippen LogP contribution in [0.15, 0.2) is 48.1 Å². The summed E-state index contributed by atoms with van der Waals surface area (Å²) in [5.74, 6) is -0.0949. The number of amides is 1. The number of carbonyl (C=O) groups excluding carboxylic acids is 1. The first-order chi connectivity index (χ1) is 10.3. The molecule has 2 heterocycles. The van der Waals surface area contributed by atoms with Crippen molar-refractivity contribution in [3.8, 4) is 6.07 Å². The van der Waals surface area contributed by atoms with Gasteiger partial charge in [-0.2, -0.15) is 5.26 Å². The van der Waals surface area contributed by atoms with Crippen LogP contribution in [-0.4, -0.2) is 22.3 Å². The molecule has 2 rings (SSSR count). The maximum absolute atomic E-state index is 12.3. The zero-order valence-corrected chi connectivity index (χ0v) is 12.3. The molecule has 0 unspecified atom stereocenters. The summed E-state index contributed by atoms with van der Waals surface area (Å²) in [7, 11) is 0. The van der Waals surface area contributed by atoms with Crippen LogP contribution in [0.1, 0.15) is 16.9 Å². The van der Waals surface area contributed by atoms with Crippen molar-refractivity contribution >= 4 is 23.3 Å². The third-order valence-electron chi connectivity index (χ3n) is 2.83. The predicted molar refractivity (Wildman–Crippen MR) is 83.2 cm³/mol. The van der Waals surface area contributed by atoms with Crippen LogP contribution in [0, 0.1) is 11.3 Å². The van der Waals surface area contributed by atoms with Crippen LogP contribution < -0.4 is 0 Å². The molecule has 5 heteroatoms. The van der Waals surface area contributed by atoms with Gasteiger partial charge in [-0.1, -0.05) is 12.1 Å². The lowest BCUT2D eigenvalue weighted by Gasteiger charge is -2.19. The first kappa shape index (κ1) is 14.9. The van der Waals surface area contributed by atoms with Crippen molar-refractivity contribution in [3.05, 3.63) is 58.6 Å². The van der Waals surface area contributed by atoms with Gasteiger partial charge in [0.15, 0.2) is 0 Å². The van der Waals surface area contributed by atoms with Gasteiger partial charge in [0.05, 0.1) is 12.5 Å². The highest BCUT2D eigenvalue weighted by Crippen LogP contribution is 2.11. The molecule has 106 valence electrons. The van der Waals surface area contributed by atoms with E-state index in [4.69, 9.17) is 5.26 Å². The van der Waals surface area contributed by atoms with Gasteiger partial charge in [-0.25, -0.2) is 0 Å². The van der Waals surface area contributed by atoms with Gasteiger partial charge in [0.25, 0.3) is 0 Å². The highest BCUT2D eigenvalue weighted by molar-refractivity contribution is 7.10. The third-order valence-corrected chi connectivity index (χ3v) is 3.67. The van der Waals surface area contributed by atoms with E-state index in [9.17, 15) is 4.79 Å². The Bertz CT molecular complexity index is 629. The maximum atomic E-state index is 12.3. The fourth-order valence-corrected chi connectivity index (χ4v) is 2.43. The Morgan fingerprint density at radius 2 is 2.33 bits per heavy atom. The minimum Gasteiger partial charge on any atom is -0.334 e. The number of nitrogens with zero attached hydrogens (tertiary/aromatic N) is 3. The van der Waals surface area contributed by atoms with Gasteiger partial charge < -0.3 is 4.90 Å². The van der Waals surface area contributed by atoms with Gasteiger partial charge in [0.2, 0.25) is 5.91 Å². The van der Waals surface area contributed by atoms with E-state index in [1.54, 1.807) is 40.8 Å². The number of rotatable bonds is 6. The van der Waals surface area contributed by atoms with E-state index in [1.807, 2.05) is 29.6 Å². The van der Waals surface area contributed by atoms with Crippen LogP contribution >= 0.6 is 11.3 Å². The molecule has 0 saturated heterocycles. The van der Waals surface area contributed by atoms with Crippen LogP contribution in [0.3, 0.4) is 0 Å². The Hall–Kier alpha value is -2.45. The quantitative estimate of drug-likeness (QED) is 0.770. The third kappa shape index (κ3) is 4.86. The normalized spacial score (nSPS) is 10.4. The Morgan fingerprint density at radius 3 is 3.00 bits per heavy atom. The number of pyridine rings is 1. The van der Waals surface area contributed by atoms with Gasteiger partial charge in [-0.3, -0.25) is 9.78 Å². The lowest BCUT2D eigenvalue weighted by atomic mass is 10.2. The topological polar surface area (TPSA) is 57.0 Å². The Labute approximate surface area is 128 Å². The van der Waals surface area contributed by atoms with Crippen LogP contribution in [-0.2, 0) is 11.3 Å². The average Bonchev–Trinajstić information content (AvgIpc) is 3.03. The molecule has 0 aliphatic carbocycles. The second-order valence-corrected chi connectivity index (χ2v) is 5.36. The van der Waals surface area contributed by atoms with Gasteiger partial charge in [-0.15, -0.1) is 11.3 Å². The molecule has 0 aliphatic rings. The standard InChI is InChI=1S/C16H15N3OS/c17-8-3-10-19(13-14-4-1-9-18-12-14)16(20)7-6-15-5-2-11-21-15/h1-2,4-7,9,11-12H,3,10,13H2. The number of hydrogen-bond acceptors (Lipinski definition) is 4. The first-order valence-corrected chi connectivity index (χ1v) is 7.44. The molecule has 0 N–H and O–H groups in total. The van der Waals surface area contributed by atoms with Crippen LogP contribution in [0.5, 0.6) is 0 Å². The SMILES string of the molecule is N#CCCN(Cc1cccnc1)C(=O)C=Cc1cccs1. The zero-order chi connectivity index (χ0) is 14.9.